The predicted octanol–water partition coefficient (Wildman–Crippen LogP) is 3.40. The van der Waals surface area contributed by atoms with Gasteiger partial charge in [0.25, 0.3) is 5.91 Å². The number of benzene rings is 1. The fraction of sp³-hybridized carbons (Fsp3) is 0.588. The van der Waals surface area contributed by atoms with Crippen molar-refractivity contribution in [2.24, 2.45) is 5.41 Å². The number of nitrogens with one attached hydrogen (secondary N) is 2. The van der Waals surface area contributed by atoms with Gasteiger partial charge in [0.2, 0.25) is 0 Å². The highest BCUT2D eigenvalue weighted by atomic mass is 16.1. The summed E-state index contributed by atoms with van der Waals surface area (Å²) in [6, 6.07) is 5.44. The van der Waals surface area contributed by atoms with E-state index >= 15 is 0 Å². The van der Waals surface area contributed by atoms with Gasteiger partial charge in [0.1, 0.15) is 0 Å². The first-order valence-corrected chi connectivity index (χ1v) is 8.02. The Balaban J connectivity index is 2.08. The maximum absolute atomic E-state index is 11.9. The number of carbonyl (C=O) groups excluding carboxylic acids is 1. The van der Waals surface area contributed by atoms with Gasteiger partial charge in [-0.1, -0.05) is 19.8 Å². The highest BCUT2D eigenvalue weighted by Gasteiger charge is 2.31. The van der Waals surface area contributed by atoms with Crippen molar-refractivity contribution in [1.82, 2.24) is 5.32 Å². The summed E-state index contributed by atoms with van der Waals surface area (Å²) in [5.74, 6) is -0.0494. The summed E-state index contributed by atoms with van der Waals surface area (Å²) in [5.41, 5.74) is 8.67. The first-order chi connectivity index (χ1) is 10.1. The van der Waals surface area contributed by atoms with Gasteiger partial charge < -0.3 is 16.4 Å². The van der Waals surface area contributed by atoms with Crippen molar-refractivity contribution in [3.05, 3.63) is 23.8 Å². The average Bonchev–Trinajstić information content (AvgIpc) is 2.96. The molecule has 4 nitrogen and oxygen atoms in total. The molecule has 0 radical (unpaired) electrons. The molecule has 4 heteroatoms. The van der Waals surface area contributed by atoms with Crippen LogP contribution in [0.2, 0.25) is 0 Å². The molecule has 1 saturated carbocycles. The van der Waals surface area contributed by atoms with E-state index in [0.29, 0.717) is 23.2 Å². The Morgan fingerprint density at radius 2 is 2.00 bits per heavy atom. The van der Waals surface area contributed by atoms with Crippen LogP contribution in [-0.4, -0.2) is 19.0 Å². The molecule has 1 aliphatic rings. The van der Waals surface area contributed by atoms with Gasteiger partial charge in [-0.15, -0.1) is 0 Å². The van der Waals surface area contributed by atoms with Gasteiger partial charge in [0, 0.05) is 18.7 Å². The van der Waals surface area contributed by atoms with Crippen LogP contribution in [0.1, 0.15) is 56.3 Å². The number of nitrogen functional groups attached to an aromatic ring is 1. The molecule has 1 aromatic rings. The Morgan fingerprint density at radius 3 is 2.62 bits per heavy atom. The van der Waals surface area contributed by atoms with E-state index in [1.165, 1.54) is 32.1 Å². The molecule has 0 spiro atoms. The van der Waals surface area contributed by atoms with E-state index in [9.17, 15) is 4.79 Å². The second-order valence-corrected chi connectivity index (χ2v) is 6.08. The predicted molar refractivity (Wildman–Crippen MR) is 88.5 cm³/mol. The van der Waals surface area contributed by atoms with Crippen LogP contribution in [0.15, 0.2) is 18.2 Å². The van der Waals surface area contributed by atoms with E-state index in [1.54, 1.807) is 12.1 Å². The zero-order chi connectivity index (χ0) is 15.3. The van der Waals surface area contributed by atoms with Crippen LogP contribution in [0.3, 0.4) is 0 Å². The van der Waals surface area contributed by atoms with E-state index in [4.69, 9.17) is 5.73 Å². The molecule has 0 heterocycles. The highest BCUT2D eigenvalue weighted by molar-refractivity contribution is 5.96. The zero-order valence-electron chi connectivity index (χ0n) is 13.2. The zero-order valence-corrected chi connectivity index (χ0v) is 13.2. The molecule has 0 aromatic heterocycles. The van der Waals surface area contributed by atoms with Crippen molar-refractivity contribution in [1.29, 1.82) is 0 Å². The first kappa shape index (κ1) is 15.7. The minimum absolute atomic E-state index is 0.0494. The Labute approximate surface area is 127 Å². The molecule has 1 aliphatic carbocycles. The molecule has 0 bridgehead atoms. The first-order valence-electron chi connectivity index (χ1n) is 8.02. The van der Waals surface area contributed by atoms with E-state index in [-0.39, 0.29) is 5.91 Å². The third-order valence-electron chi connectivity index (χ3n) is 4.72. The summed E-state index contributed by atoms with van der Waals surface area (Å²) >= 11 is 0. The molecule has 0 atom stereocenters. The molecular formula is C17H27N3O. The number of carbonyl (C=O) groups is 1. The van der Waals surface area contributed by atoms with Crippen LogP contribution in [0.5, 0.6) is 0 Å². The van der Waals surface area contributed by atoms with Gasteiger partial charge in [-0.25, -0.2) is 0 Å². The molecule has 1 amide bonds. The van der Waals surface area contributed by atoms with E-state index in [0.717, 1.165) is 12.2 Å². The Kier molecular flexibility index (Phi) is 5.10. The number of rotatable bonds is 6. The van der Waals surface area contributed by atoms with Crippen LogP contribution >= 0.6 is 0 Å². The summed E-state index contributed by atoms with van der Waals surface area (Å²) in [7, 11) is 0. The Morgan fingerprint density at radius 1 is 1.29 bits per heavy atom. The van der Waals surface area contributed by atoms with Crippen LogP contribution < -0.4 is 16.4 Å². The average molecular weight is 289 g/mol. The van der Waals surface area contributed by atoms with Crippen molar-refractivity contribution in [3.63, 3.8) is 0 Å². The molecule has 0 saturated heterocycles. The number of amides is 1. The molecule has 2 rings (SSSR count). The van der Waals surface area contributed by atoms with E-state index in [2.05, 4.69) is 17.6 Å². The van der Waals surface area contributed by atoms with Gasteiger partial charge in [0.05, 0.1) is 11.4 Å². The summed E-state index contributed by atoms with van der Waals surface area (Å²) in [6.45, 7) is 5.75. The van der Waals surface area contributed by atoms with Crippen LogP contribution in [0, 0.1) is 5.41 Å². The third-order valence-corrected chi connectivity index (χ3v) is 4.72. The quantitative estimate of drug-likeness (QED) is 0.703. The van der Waals surface area contributed by atoms with Crippen LogP contribution in [0.25, 0.3) is 0 Å². The number of nitrogens with two attached hydrogens (primary N) is 1. The molecule has 21 heavy (non-hydrogen) atoms. The molecule has 116 valence electrons. The largest absolute Gasteiger partial charge is 0.397 e. The van der Waals surface area contributed by atoms with Crippen molar-refractivity contribution < 1.29 is 4.79 Å². The maximum atomic E-state index is 11.9. The van der Waals surface area contributed by atoms with Gasteiger partial charge in [0.15, 0.2) is 0 Å². The summed E-state index contributed by atoms with van der Waals surface area (Å²) in [6.07, 6.45) is 6.41. The lowest BCUT2D eigenvalue weighted by Gasteiger charge is -2.28. The van der Waals surface area contributed by atoms with Crippen molar-refractivity contribution >= 4 is 17.3 Å². The lowest BCUT2D eigenvalue weighted by atomic mass is 9.83. The van der Waals surface area contributed by atoms with Crippen LogP contribution in [0.4, 0.5) is 11.4 Å². The number of anilines is 2. The summed E-state index contributed by atoms with van der Waals surface area (Å²) < 4.78 is 0. The molecule has 1 fully saturated rings. The number of hydrogen-bond donors (Lipinski definition) is 3. The van der Waals surface area contributed by atoms with Gasteiger partial charge >= 0.3 is 0 Å². The highest BCUT2D eigenvalue weighted by Crippen LogP contribution is 2.41. The van der Waals surface area contributed by atoms with E-state index < -0.39 is 0 Å². The fourth-order valence-corrected chi connectivity index (χ4v) is 3.18. The van der Waals surface area contributed by atoms with Crippen molar-refractivity contribution in [3.8, 4) is 0 Å². The normalized spacial score (nSPS) is 16.7. The molecule has 1 aromatic carbocycles. The lowest BCUT2D eigenvalue weighted by Crippen LogP contribution is -2.26. The smallest absolute Gasteiger partial charge is 0.251 e. The minimum atomic E-state index is -0.0494. The summed E-state index contributed by atoms with van der Waals surface area (Å²) in [5, 5.41) is 6.30. The standard InChI is InChI=1S/C17H27N3O/c1-3-17(9-5-6-10-17)12-20-15-11-13(7-8-14(15)18)16(21)19-4-2/h7-8,11,20H,3-6,9-10,12,18H2,1-2H3,(H,19,21). The third kappa shape index (κ3) is 3.69. The number of hydrogen-bond acceptors (Lipinski definition) is 3. The lowest BCUT2D eigenvalue weighted by molar-refractivity contribution is 0.0956. The monoisotopic (exact) mass is 289 g/mol. The van der Waals surface area contributed by atoms with Gasteiger partial charge in [-0.3, -0.25) is 4.79 Å². The molecular weight excluding hydrogens is 262 g/mol. The van der Waals surface area contributed by atoms with Crippen molar-refractivity contribution in [2.75, 3.05) is 24.1 Å². The van der Waals surface area contributed by atoms with E-state index in [1.807, 2.05) is 13.0 Å². The van der Waals surface area contributed by atoms with Gasteiger partial charge in [-0.05, 0) is 49.8 Å². The van der Waals surface area contributed by atoms with Gasteiger partial charge in [-0.2, -0.15) is 0 Å². The molecule has 0 unspecified atom stereocenters. The second kappa shape index (κ2) is 6.83. The SMILES string of the molecule is CCNC(=O)c1ccc(N)c(NCC2(CC)CCCC2)c1. The minimum Gasteiger partial charge on any atom is -0.397 e. The second-order valence-electron chi connectivity index (χ2n) is 6.08. The summed E-state index contributed by atoms with van der Waals surface area (Å²) in [4.78, 5) is 11.9. The van der Waals surface area contributed by atoms with Crippen LogP contribution in [-0.2, 0) is 0 Å². The molecule has 4 N–H and O–H groups in total. The maximum Gasteiger partial charge on any atom is 0.251 e. The Bertz CT molecular complexity index is 493. The Hall–Kier alpha value is -1.71. The molecule has 0 aliphatic heterocycles. The fourth-order valence-electron chi connectivity index (χ4n) is 3.18. The topological polar surface area (TPSA) is 67.2 Å². The van der Waals surface area contributed by atoms with Crippen molar-refractivity contribution in [2.45, 2.75) is 46.0 Å².